The van der Waals surface area contributed by atoms with Crippen LogP contribution in [0.2, 0.25) is 0 Å². The van der Waals surface area contributed by atoms with Gasteiger partial charge in [0.2, 0.25) is 0 Å². The van der Waals surface area contributed by atoms with Gasteiger partial charge in [-0.3, -0.25) is 0 Å². The molecule has 1 unspecified atom stereocenters. The summed E-state index contributed by atoms with van der Waals surface area (Å²) in [6, 6.07) is 0.258. The molecule has 0 heterocycles. The Balaban J connectivity index is 2.94. The summed E-state index contributed by atoms with van der Waals surface area (Å²) >= 11 is 0. The normalized spacial score (nSPS) is 12.9. The van der Waals surface area contributed by atoms with Gasteiger partial charge in [0.25, 0.3) is 0 Å². The van der Waals surface area contributed by atoms with Crippen molar-refractivity contribution in [1.82, 2.24) is 5.32 Å². The molecular formula is C15H33NO. The summed E-state index contributed by atoms with van der Waals surface area (Å²) in [7, 11) is 0. The van der Waals surface area contributed by atoms with Gasteiger partial charge in [-0.2, -0.15) is 0 Å². The van der Waals surface area contributed by atoms with Gasteiger partial charge < -0.3 is 10.4 Å². The van der Waals surface area contributed by atoms with Gasteiger partial charge in [-0.15, -0.1) is 0 Å². The van der Waals surface area contributed by atoms with Crippen LogP contribution < -0.4 is 5.32 Å². The fraction of sp³-hybridized carbons (Fsp3) is 1.00. The lowest BCUT2D eigenvalue weighted by atomic mass is 10.1. The second-order valence-corrected chi connectivity index (χ2v) is 5.22. The highest BCUT2D eigenvalue weighted by Crippen LogP contribution is 2.10. The van der Waals surface area contributed by atoms with Gasteiger partial charge in [0.05, 0.1) is 6.61 Å². The Morgan fingerprint density at radius 1 is 0.824 bits per heavy atom. The van der Waals surface area contributed by atoms with Gasteiger partial charge in [-0.25, -0.2) is 0 Å². The third-order valence-corrected chi connectivity index (χ3v) is 3.30. The minimum atomic E-state index is 0.248. The van der Waals surface area contributed by atoms with Crippen LogP contribution in [0.25, 0.3) is 0 Å². The van der Waals surface area contributed by atoms with Crippen LogP contribution in [-0.4, -0.2) is 24.3 Å². The summed E-state index contributed by atoms with van der Waals surface area (Å²) < 4.78 is 0. The van der Waals surface area contributed by atoms with E-state index in [0.717, 1.165) is 6.54 Å². The molecule has 0 aromatic heterocycles. The Bertz CT molecular complexity index is 139. The maximum absolute atomic E-state index is 8.83. The predicted molar refractivity (Wildman–Crippen MR) is 76.4 cm³/mol. The standard InChI is InChI=1S/C15H33NO/c1-3-4-5-6-7-8-9-10-11-12-13-16-15(2)14-17/h15-17H,3-14H2,1-2H3. The maximum atomic E-state index is 8.83. The van der Waals surface area contributed by atoms with Crippen LogP contribution in [0.3, 0.4) is 0 Å². The molecule has 0 radical (unpaired) electrons. The first-order valence-corrected chi connectivity index (χ1v) is 7.65. The minimum Gasteiger partial charge on any atom is -0.395 e. The van der Waals surface area contributed by atoms with Gasteiger partial charge in [0.1, 0.15) is 0 Å². The van der Waals surface area contributed by atoms with Crippen LogP contribution in [0.5, 0.6) is 0 Å². The fourth-order valence-electron chi connectivity index (χ4n) is 2.03. The molecule has 17 heavy (non-hydrogen) atoms. The number of hydrogen-bond donors (Lipinski definition) is 2. The number of rotatable bonds is 13. The van der Waals surface area contributed by atoms with Gasteiger partial charge in [0.15, 0.2) is 0 Å². The van der Waals surface area contributed by atoms with E-state index in [2.05, 4.69) is 12.2 Å². The Labute approximate surface area is 108 Å². The lowest BCUT2D eigenvalue weighted by Crippen LogP contribution is -2.29. The zero-order chi connectivity index (χ0) is 12.8. The van der Waals surface area contributed by atoms with Crippen molar-refractivity contribution >= 4 is 0 Å². The molecule has 2 N–H and O–H groups in total. The van der Waals surface area contributed by atoms with Gasteiger partial charge in [-0.05, 0) is 19.9 Å². The van der Waals surface area contributed by atoms with Gasteiger partial charge in [-0.1, -0.05) is 64.7 Å². The average molecular weight is 243 g/mol. The second-order valence-electron chi connectivity index (χ2n) is 5.22. The highest BCUT2D eigenvalue weighted by atomic mass is 16.3. The number of unbranched alkanes of at least 4 members (excludes halogenated alkanes) is 9. The summed E-state index contributed by atoms with van der Waals surface area (Å²) in [6.45, 7) is 5.60. The Hall–Kier alpha value is -0.0800. The van der Waals surface area contributed by atoms with Crippen molar-refractivity contribution in [3.8, 4) is 0 Å². The molecule has 0 aromatic rings. The van der Waals surface area contributed by atoms with Crippen molar-refractivity contribution in [3.05, 3.63) is 0 Å². The molecule has 0 saturated heterocycles. The van der Waals surface area contributed by atoms with E-state index in [1.165, 1.54) is 64.2 Å². The molecule has 0 spiro atoms. The summed E-state index contributed by atoms with van der Waals surface area (Å²) in [5.41, 5.74) is 0. The molecule has 0 amide bonds. The van der Waals surface area contributed by atoms with E-state index >= 15 is 0 Å². The van der Waals surface area contributed by atoms with E-state index in [0.29, 0.717) is 0 Å². The van der Waals surface area contributed by atoms with E-state index in [-0.39, 0.29) is 12.6 Å². The van der Waals surface area contributed by atoms with Crippen LogP contribution in [0.4, 0.5) is 0 Å². The molecule has 0 aromatic carbocycles. The third kappa shape index (κ3) is 13.9. The first-order valence-electron chi connectivity index (χ1n) is 7.65. The van der Waals surface area contributed by atoms with Crippen molar-refractivity contribution in [2.45, 2.75) is 84.1 Å². The van der Waals surface area contributed by atoms with E-state index < -0.39 is 0 Å². The highest BCUT2D eigenvalue weighted by molar-refractivity contribution is 4.57. The SMILES string of the molecule is CCCCCCCCCCCCNC(C)CO. The van der Waals surface area contributed by atoms with Crippen LogP contribution in [0.1, 0.15) is 78.1 Å². The molecule has 0 fully saturated rings. The summed E-state index contributed by atoms with van der Waals surface area (Å²) in [5, 5.41) is 12.1. The lowest BCUT2D eigenvalue weighted by molar-refractivity contribution is 0.251. The summed E-state index contributed by atoms with van der Waals surface area (Å²) in [4.78, 5) is 0. The quantitative estimate of drug-likeness (QED) is 0.481. The minimum absolute atomic E-state index is 0.248. The average Bonchev–Trinajstić information content (AvgIpc) is 2.35. The Morgan fingerprint density at radius 3 is 1.76 bits per heavy atom. The molecule has 2 heteroatoms. The molecule has 1 atom stereocenters. The van der Waals surface area contributed by atoms with Crippen molar-refractivity contribution in [3.63, 3.8) is 0 Å². The predicted octanol–water partition coefficient (Wildman–Crippen LogP) is 3.88. The van der Waals surface area contributed by atoms with Crippen LogP contribution in [-0.2, 0) is 0 Å². The number of aliphatic hydroxyl groups excluding tert-OH is 1. The van der Waals surface area contributed by atoms with E-state index in [1.54, 1.807) is 0 Å². The zero-order valence-electron chi connectivity index (χ0n) is 12.0. The van der Waals surface area contributed by atoms with Crippen LogP contribution in [0.15, 0.2) is 0 Å². The van der Waals surface area contributed by atoms with Gasteiger partial charge >= 0.3 is 0 Å². The molecule has 0 aliphatic heterocycles. The molecule has 0 aliphatic carbocycles. The number of nitrogens with one attached hydrogen (secondary N) is 1. The van der Waals surface area contributed by atoms with Crippen molar-refractivity contribution in [2.24, 2.45) is 0 Å². The largest absolute Gasteiger partial charge is 0.395 e. The number of hydrogen-bond acceptors (Lipinski definition) is 2. The van der Waals surface area contributed by atoms with E-state index in [1.807, 2.05) is 6.92 Å². The lowest BCUT2D eigenvalue weighted by Gasteiger charge is -2.09. The molecule has 0 rings (SSSR count). The van der Waals surface area contributed by atoms with E-state index in [4.69, 9.17) is 5.11 Å². The Kier molecular flexibility index (Phi) is 13.9. The molecule has 2 nitrogen and oxygen atoms in total. The van der Waals surface area contributed by atoms with Crippen LogP contribution in [0, 0.1) is 0 Å². The molecular weight excluding hydrogens is 210 g/mol. The van der Waals surface area contributed by atoms with E-state index in [9.17, 15) is 0 Å². The molecule has 0 saturated carbocycles. The highest BCUT2D eigenvalue weighted by Gasteiger charge is 1.97. The maximum Gasteiger partial charge on any atom is 0.0581 e. The third-order valence-electron chi connectivity index (χ3n) is 3.30. The van der Waals surface area contributed by atoms with Gasteiger partial charge in [0, 0.05) is 6.04 Å². The van der Waals surface area contributed by atoms with Crippen LogP contribution >= 0.6 is 0 Å². The van der Waals surface area contributed by atoms with Crippen molar-refractivity contribution in [1.29, 1.82) is 0 Å². The first-order chi connectivity index (χ1) is 8.31. The van der Waals surface area contributed by atoms with Crippen molar-refractivity contribution < 1.29 is 5.11 Å². The summed E-state index contributed by atoms with van der Waals surface area (Å²) in [6.07, 6.45) is 13.8. The first kappa shape index (κ1) is 16.9. The second kappa shape index (κ2) is 14.0. The zero-order valence-corrected chi connectivity index (χ0v) is 12.0. The smallest absolute Gasteiger partial charge is 0.0581 e. The monoisotopic (exact) mass is 243 g/mol. The Morgan fingerprint density at radius 2 is 1.29 bits per heavy atom. The molecule has 0 bridgehead atoms. The summed E-state index contributed by atoms with van der Waals surface area (Å²) in [5.74, 6) is 0. The van der Waals surface area contributed by atoms with Crippen molar-refractivity contribution in [2.75, 3.05) is 13.2 Å². The fourth-order valence-corrected chi connectivity index (χ4v) is 2.03. The topological polar surface area (TPSA) is 32.3 Å². The molecule has 104 valence electrons. The number of aliphatic hydroxyl groups is 1. The molecule has 0 aliphatic rings.